The largest absolute Gasteiger partial charge is 0.478 e. The van der Waals surface area contributed by atoms with E-state index in [-0.39, 0.29) is 17.6 Å². The predicted octanol–water partition coefficient (Wildman–Crippen LogP) is 3.25. The maximum Gasteiger partial charge on any atom is 0.337 e. The quantitative estimate of drug-likeness (QED) is 0.799. The van der Waals surface area contributed by atoms with Crippen molar-refractivity contribution in [1.29, 1.82) is 0 Å². The fourth-order valence-corrected chi connectivity index (χ4v) is 2.90. The average molecular weight is 290 g/mol. The molecule has 1 aliphatic rings. The molecule has 0 aliphatic heterocycles. The van der Waals surface area contributed by atoms with Gasteiger partial charge in [0, 0.05) is 6.04 Å². The summed E-state index contributed by atoms with van der Waals surface area (Å²) in [6.45, 7) is 6.11. The molecular formula is C16H22N2O3. The summed E-state index contributed by atoms with van der Waals surface area (Å²) < 4.78 is 0. The molecule has 0 heterocycles. The molecule has 2 rings (SSSR count). The Balaban J connectivity index is 2.08. The highest BCUT2D eigenvalue weighted by Crippen LogP contribution is 2.31. The molecule has 5 heteroatoms. The Bertz CT molecular complexity index is 556. The molecule has 1 fully saturated rings. The normalized spacial score (nSPS) is 24.6. The third kappa shape index (κ3) is 3.35. The molecule has 1 saturated carbocycles. The van der Waals surface area contributed by atoms with Gasteiger partial charge in [0.05, 0.1) is 11.3 Å². The average Bonchev–Trinajstić information content (AvgIpc) is 2.73. The molecule has 0 saturated heterocycles. The Morgan fingerprint density at radius 1 is 1.24 bits per heavy atom. The summed E-state index contributed by atoms with van der Waals surface area (Å²) >= 11 is 0. The van der Waals surface area contributed by atoms with Crippen molar-refractivity contribution in [3.8, 4) is 0 Å². The molecule has 0 spiro atoms. The third-order valence-corrected chi connectivity index (χ3v) is 4.52. The van der Waals surface area contributed by atoms with Gasteiger partial charge in [-0.1, -0.05) is 26.0 Å². The van der Waals surface area contributed by atoms with Crippen LogP contribution in [0, 0.1) is 18.8 Å². The molecule has 5 nitrogen and oxygen atoms in total. The highest BCUT2D eigenvalue weighted by molar-refractivity contribution is 6.01. The minimum absolute atomic E-state index is 0.109. The number of benzene rings is 1. The van der Waals surface area contributed by atoms with E-state index in [1.165, 1.54) is 6.07 Å². The fourth-order valence-electron chi connectivity index (χ4n) is 2.90. The van der Waals surface area contributed by atoms with E-state index in [1.54, 1.807) is 19.1 Å². The summed E-state index contributed by atoms with van der Waals surface area (Å²) in [7, 11) is 0. The number of carbonyl (C=O) groups is 2. The summed E-state index contributed by atoms with van der Waals surface area (Å²) in [5.41, 5.74) is 1.21. The van der Waals surface area contributed by atoms with Crippen LogP contribution in [0.25, 0.3) is 0 Å². The first-order valence-corrected chi connectivity index (χ1v) is 7.30. The van der Waals surface area contributed by atoms with Gasteiger partial charge in [-0.15, -0.1) is 0 Å². The summed E-state index contributed by atoms with van der Waals surface area (Å²) in [5.74, 6) is -0.00763. The summed E-state index contributed by atoms with van der Waals surface area (Å²) in [5, 5.41) is 14.8. The van der Waals surface area contributed by atoms with Crippen LogP contribution in [-0.2, 0) is 0 Å². The van der Waals surface area contributed by atoms with Crippen LogP contribution in [0.2, 0.25) is 0 Å². The molecule has 1 aliphatic carbocycles. The van der Waals surface area contributed by atoms with Crippen molar-refractivity contribution in [3.63, 3.8) is 0 Å². The lowest BCUT2D eigenvalue weighted by atomic mass is 9.98. The zero-order valence-corrected chi connectivity index (χ0v) is 12.6. The van der Waals surface area contributed by atoms with Crippen molar-refractivity contribution in [2.45, 2.75) is 39.7 Å². The first-order valence-electron chi connectivity index (χ1n) is 7.30. The van der Waals surface area contributed by atoms with Crippen LogP contribution in [0.4, 0.5) is 10.5 Å². The van der Waals surface area contributed by atoms with Gasteiger partial charge in [-0.05, 0) is 43.2 Å². The van der Waals surface area contributed by atoms with Crippen LogP contribution in [0.5, 0.6) is 0 Å². The number of nitrogens with one attached hydrogen (secondary N) is 2. The van der Waals surface area contributed by atoms with Gasteiger partial charge >= 0.3 is 12.0 Å². The Labute approximate surface area is 124 Å². The van der Waals surface area contributed by atoms with Crippen LogP contribution in [0.1, 0.15) is 42.6 Å². The van der Waals surface area contributed by atoms with Gasteiger partial charge in [0.25, 0.3) is 0 Å². The Kier molecular flexibility index (Phi) is 4.50. The number of para-hydroxylation sites is 1. The van der Waals surface area contributed by atoms with E-state index < -0.39 is 5.97 Å². The van der Waals surface area contributed by atoms with Crippen LogP contribution in [-0.4, -0.2) is 23.1 Å². The monoisotopic (exact) mass is 290 g/mol. The topological polar surface area (TPSA) is 78.4 Å². The molecule has 1 aromatic rings. The van der Waals surface area contributed by atoms with Crippen molar-refractivity contribution in [3.05, 3.63) is 29.3 Å². The van der Waals surface area contributed by atoms with Crippen LogP contribution in [0.3, 0.4) is 0 Å². The number of aromatic carboxylic acids is 1. The lowest BCUT2D eigenvalue weighted by molar-refractivity contribution is 0.0698. The van der Waals surface area contributed by atoms with Gasteiger partial charge in [-0.3, -0.25) is 0 Å². The molecule has 3 N–H and O–H groups in total. The van der Waals surface area contributed by atoms with E-state index in [0.29, 0.717) is 17.5 Å². The van der Waals surface area contributed by atoms with Crippen molar-refractivity contribution in [2.24, 2.45) is 11.8 Å². The van der Waals surface area contributed by atoms with Gasteiger partial charge in [-0.25, -0.2) is 9.59 Å². The Morgan fingerprint density at radius 3 is 2.52 bits per heavy atom. The molecule has 0 aromatic heterocycles. The Hall–Kier alpha value is -2.04. The number of rotatable bonds is 3. The standard InChI is InChI=1S/C16H22N2O3/c1-9-7-8-13(11(9)3)17-16(21)18-14-10(2)5-4-6-12(14)15(19)20/h4-6,9,11,13H,7-8H2,1-3H3,(H,19,20)(H2,17,18,21). The van der Waals surface area contributed by atoms with Crippen molar-refractivity contribution >= 4 is 17.7 Å². The Morgan fingerprint density at radius 2 is 1.95 bits per heavy atom. The van der Waals surface area contributed by atoms with Gasteiger partial charge < -0.3 is 15.7 Å². The number of carbonyl (C=O) groups excluding carboxylic acids is 1. The van der Waals surface area contributed by atoms with Crippen LogP contribution >= 0.6 is 0 Å². The van der Waals surface area contributed by atoms with Gasteiger partial charge in [-0.2, -0.15) is 0 Å². The van der Waals surface area contributed by atoms with Gasteiger partial charge in [0.2, 0.25) is 0 Å². The number of hydrogen-bond acceptors (Lipinski definition) is 2. The summed E-state index contributed by atoms with van der Waals surface area (Å²) in [6.07, 6.45) is 2.08. The minimum atomic E-state index is -1.04. The van der Waals surface area contributed by atoms with Crippen LogP contribution in [0.15, 0.2) is 18.2 Å². The third-order valence-electron chi connectivity index (χ3n) is 4.52. The number of amides is 2. The molecule has 21 heavy (non-hydrogen) atoms. The predicted molar refractivity (Wildman–Crippen MR) is 81.6 cm³/mol. The van der Waals surface area contributed by atoms with E-state index >= 15 is 0 Å². The van der Waals surface area contributed by atoms with Crippen molar-refractivity contribution in [1.82, 2.24) is 5.32 Å². The van der Waals surface area contributed by atoms with E-state index in [4.69, 9.17) is 0 Å². The van der Waals surface area contributed by atoms with Crippen molar-refractivity contribution < 1.29 is 14.7 Å². The number of aryl methyl sites for hydroxylation is 1. The maximum atomic E-state index is 12.1. The van der Waals surface area contributed by atoms with Gasteiger partial charge in [0.15, 0.2) is 0 Å². The van der Waals surface area contributed by atoms with Crippen LogP contribution < -0.4 is 10.6 Å². The molecule has 114 valence electrons. The molecule has 0 radical (unpaired) electrons. The summed E-state index contributed by atoms with van der Waals surface area (Å²) in [4.78, 5) is 23.4. The van der Waals surface area contributed by atoms with Gasteiger partial charge in [0.1, 0.15) is 0 Å². The van der Waals surface area contributed by atoms with Crippen molar-refractivity contribution in [2.75, 3.05) is 5.32 Å². The number of hydrogen-bond donors (Lipinski definition) is 3. The van der Waals surface area contributed by atoms with E-state index in [9.17, 15) is 14.7 Å². The maximum absolute atomic E-state index is 12.1. The minimum Gasteiger partial charge on any atom is -0.478 e. The first-order chi connectivity index (χ1) is 9.90. The second kappa shape index (κ2) is 6.16. The molecule has 3 atom stereocenters. The van der Waals surface area contributed by atoms with E-state index in [2.05, 4.69) is 24.5 Å². The first kappa shape index (κ1) is 15.4. The lowest BCUT2D eigenvalue weighted by Crippen LogP contribution is -2.40. The van der Waals surface area contributed by atoms with E-state index in [1.807, 2.05) is 0 Å². The second-order valence-corrected chi connectivity index (χ2v) is 5.92. The highest BCUT2D eigenvalue weighted by atomic mass is 16.4. The molecule has 3 unspecified atom stereocenters. The zero-order valence-electron chi connectivity index (χ0n) is 12.6. The summed E-state index contributed by atoms with van der Waals surface area (Å²) in [6, 6.07) is 4.76. The smallest absolute Gasteiger partial charge is 0.337 e. The molecule has 2 amide bonds. The number of anilines is 1. The highest BCUT2D eigenvalue weighted by Gasteiger charge is 2.30. The number of carboxylic acids is 1. The SMILES string of the molecule is Cc1cccc(C(=O)O)c1NC(=O)NC1CCC(C)C1C. The number of carboxylic acid groups (broad SMARTS) is 1. The second-order valence-electron chi connectivity index (χ2n) is 5.92. The fraction of sp³-hybridized carbons (Fsp3) is 0.500. The molecular weight excluding hydrogens is 268 g/mol. The number of urea groups is 1. The zero-order chi connectivity index (χ0) is 15.6. The molecule has 1 aromatic carbocycles. The molecule has 0 bridgehead atoms. The lowest BCUT2D eigenvalue weighted by Gasteiger charge is -2.20. The van der Waals surface area contributed by atoms with E-state index in [0.717, 1.165) is 18.4 Å².